The first-order valence-electron chi connectivity index (χ1n) is 20.6. The lowest BCUT2D eigenvalue weighted by Crippen LogP contribution is -2.31. The van der Waals surface area contributed by atoms with E-state index < -0.39 is 12.1 Å². The van der Waals surface area contributed by atoms with Crippen LogP contribution < -0.4 is 15.5 Å². The van der Waals surface area contributed by atoms with E-state index in [1.54, 1.807) is 12.3 Å². The highest BCUT2D eigenvalue weighted by atomic mass is 16.6. The van der Waals surface area contributed by atoms with Crippen LogP contribution in [0.25, 0.3) is 11.3 Å². The van der Waals surface area contributed by atoms with Gasteiger partial charge in [0, 0.05) is 48.3 Å². The first-order chi connectivity index (χ1) is 28.4. The molecule has 0 radical (unpaired) electrons. The number of aryl methyl sites for hydroxylation is 2. The molecule has 2 unspecified atom stereocenters. The lowest BCUT2D eigenvalue weighted by atomic mass is 9.87. The number of fused-ring (bicyclic) bond motifs is 1. The van der Waals surface area contributed by atoms with Crippen LogP contribution in [0.4, 0.5) is 11.4 Å². The Morgan fingerprint density at radius 1 is 0.810 bits per heavy atom. The molecule has 3 N–H and O–H groups in total. The zero-order valence-corrected chi connectivity index (χ0v) is 33.5. The molecule has 1 fully saturated rings. The molecule has 1 saturated heterocycles. The van der Waals surface area contributed by atoms with Crippen LogP contribution in [0.5, 0.6) is 0 Å². The van der Waals surface area contributed by atoms with Gasteiger partial charge in [-0.2, -0.15) is 0 Å². The fraction of sp³-hybridized carbons (Fsp3) is 0.435. The third-order valence-corrected chi connectivity index (χ3v) is 10.6. The second kappa shape index (κ2) is 22.1. The van der Waals surface area contributed by atoms with Gasteiger partial charge < -0.3 is 39.6 Å². The van der Waals surface area contributed by atoms with Crippen molar-refractivity contribution in [2.75, 3.05) is 69.6 Å². The summed E-state index contributed by atoms with van der Waals surface area (Å²) in [5.41, 5.74) is 7.57. The van der Waals surface area contributed by atoms with Crippen LogP contribution in [0.2, 0.25) is 0 Å². The Kier molecular flexibility index (Phi) is 16.2. The number of anilines is 2. The number of carboxylic acids is 1. The lowest BCUT2D eigenvalue weighted by Gasteiger charge is -2.29. The number of carbonyl (C=O) groups excluding carboxylic acids is 2. The summed E-state index contributed by atoms with van der Waals surface area (Å²) in [4.78, 5) is 45.6. The Bertz CT molecular complexity index is 1970. The van der Waals surface area contributed by atoms with Gasteiger partial charge in [0.2, 0.25) is 0 Å². The van der Waals surface area contributed by atoms with Gasteiger partial charge >= 0.3 is 5.97 Å². The van der Waals surface area contributed by atoms with Gasteiger partial charge in [0.05, 0.1) is 57.1 Å². The van der Waals surface area contributed by atoms with Gasteiger partial charge in [-0.1, -0.05) is 42.5 Å². The molecule has 2 heterocycles. The van der Waals surface area contributed by atoms with Crippen LogP contribution in [0.1, 0.15) is 88.9 Å². The summed E-state index contributed by atoms with van der Waals surface area (Å²) >= 11 is 0. The van der Waals surface area contributed by atoms with Crippen molar-refractivity contribution < 1.29 is 38.4 Å². The van der Waals surface area contributed by atoms with Gasteiger partial charge in [0.25, 0.3) is 11.8 Å². The Morgan fingerprint density at radius 2 is 1.53 bits per heavy atom. The van der Waals surface area contributed by atoms with Crippen molar-refractivity contribution in [3.63, 3.8) is 0 Å². The van der Waals surface area contributed by atoms with E-state index in [4.69, 9.17) is 29.0 Å². The Balaban J connectivity index is 1.05. The summed E-state index contributed by atoms with van der Waals surface area (Å²) in [6, 6.07) is 25.6. The number of aliphatic carboxylic acids is 1. The summed E-state index contributed by atoms with van der Waals surface area (Å²) in [5, 5.41) is 15.3. The Labute approximate surface area is 341 Å². The number of ether oxygens (including phenoxy) is 4. The molecule has 2 amide bonds. The summed E-state index contributed by atoms with van der Waals surface area (Å²) in [7, 11) is 0. The van der Waals surface area contributed by atoms with Crippen molar-refractivity contribution in [3.05, 3.63) is 113 Å². The highest BCUT2D eigenvalue weighted by molar-refractivity contribution is 6.07. The predicted octanol–water partition coefficient (Wildman–Crippen LogP) is 7.27. The first-order valence-corrected chi connectivity index (χ1v) is 20.6. The molecule has 4 aromatic rings. The maximum Gasteiger partial charge on any atom is 0.332 e. The molecule has 12 heteroatoms. The summed E-state index contributed by atoms with van der Waals surface area (Å²) < 4.78 is 21.8. The monoisotopic (exact) mass is 792 g/mol. The average molecular weight is 793 g/mol. The van der Waals surface area contributed by atoms with Crippen LogP contribution >= 0.6 is 0 Å². The fourth-order valence-corrected chi connectivity index (χ4v) is 7.48. The van der Waals surface area contributed by atoms with E-state index in [-0.39, 0.29) is 24.5 Å². The van der Waals surface area contributed by atoms with Gasteiger partial charge in [-0.25, -0.2) is 4.79 Å². The molecule has 0 saturated carbocycles. The molecule has 0 spiro atoms. The van der Waals surface area contributed by atoms with Crippen molar-refractivity contribution in [1.82, 2.24) is 10.3 Å². The molecule has 1 aromatic heterocycles. The van der Waals surface area contributed by atoms with E-state index in [1.807, 2.05) is 42.5 Å². The molecule has 2 atom stereocenters. The number of aromatic nitrogens is 1. The van der Waals surface area contributed by atoms with E-state index in [2.05, 4.69) is 45.9 Å². The van der Waals surface area contributed by atoms with Crippen molar-refractivity contribution in [2.45, 2.75) is 70.4 Å². The predicted molar refractivity (Wildman–Crippen MR) is 224 cm³/mol. The molecule has 0 bridgehead atoms. The molecule has 2 aliphatic rings. The smallest absolute Gasteiger partial charge is 0.332 e. The number of nitrogens with one attached hydrogen (secondary N) is 2. The van der Waals surface area contributed by atoms with Gasteiger partial charge in [0.1, 0.15) is 0 Å². The van der Waals surface area contributed by atoms with Crippen molar-refractivity contribution in [3.8, 4) is 11.3 Å². The van der Waals surface area contributed by atoms with E-state index in [0.717, 1.165) is 68.4 Å². The number of pyridine rings is 1. The van der Waals surface area contributed by atoms with Crippen LogP contribution in [0.3, 0.4) is 0 Å². The van der Waals surface area contributed by atoms with E-state index in [9.17, 15) is 14.4 Å². The topological polar surface area (TPSA) is 149 Å². The molecule has 12 nitrogen and oxygen atoms in total. The fourth-order valence-electron chi connectivity index (χ4n) is 7.48. The maximum atomic E-state index is 14.0. The second-order valence-electron chi connectivity index (χ2n) is 14.7. The van der Waals surface area contributed by atoms with E-state index in [0.29, 0.717) is 68.6 Å². The third kappa shape index (κ3) is 12.2. The van der Waals surface area contributed by atoms with Crippen molar-refractivity contribution >= 4 is 29.2 Å². The largest absolute Gasteiger partial charge is 0.479 e. The third-order valence-electron chi connectivity index (χ3n) is 10.6. The number of benzene rings is 3. The number of hydrogen-bond donors (Lipinski definition) is 3. The molecule has 1 aliphatic carbocycles. The van der Waals surface area contributed by atoms with Crippen molar-refractivity contribution in [1.29, 1.82) is 0 Å². The number of amides is 2. The van der Waals surface area contributed by atoms with Gasteiger partial charge in [-0.3, -0.25) is 14.6 Å². The Morgan fingerprint density at radius 3 is 2.33 bits per heavy atom. The Hall–Kier alpha value is -5.14. The normalized spacial score (nSPS) is 15.7. The minimum atomic E-state index is -1.00. The zero-order valence-electron chi connectivity index (χ0n) is 33.5. The molecule has 58 heavy (non-hydrogen) atoms. The first kappa shape index (κ1) is 42.5. The minimum absolute atomic E-state index is 0.0423. The quantitative estimate of drug-likeness (QED) is 0.0736. The van der Waals surface area contributed by atoms with E-state index >= 15 is 0 Å². The van der Waals surface area contributed by atoms with Crippen LogP contribution in [0, 0.1) is 0 Å². The molecule has 308 valence electrons. The summed E-state index contributed by atoms with van der Waals surface area (Å²) in [5.74, 6) is -1.36. The van der Waals surface area contributed by atoms with Gasteiger partial charge in [-0.05, 0) is 111 Å². The van der Waals surface area contributed by atoms with Gasteiger partial charge in [0.15, 0.2) is 6.10 Å². The van der Waals surface area contributed by atoms with Crippen LogP contribution in [0.15, 0.2) is 85.1 Å². The standard InChI is InChI=1S/C46H56N4O8/c1-33(46(53)54)58-30-29-57-28-27-56-26-25-55-24-10-14-35-12-4-6-16-39(35)45(52)49-42-19-18-37(50-22-7-2-8-23-50)32-40(42)43-31-36(20-21-47-43)44(51)48-41-17-9-13-34-11-3-5-15-38(34)41/h3-6,11-12,15-16,18-21,31-33,41H,2,7-10,13-14,17,22-30H2,1H3,(H,48,51)(H,49,52)(H,53,54). The van der Waals surface area contributed by atoms with Crippen LogP contribution in [-0.2, 0) is 36.6 Å². The number of hydrogen-bond acceptors (Lipinski definition) is 9. The molecule has 6 rings (SSSR count). The average Bonchev–Trinajstić information content (AvgIpc) is 3.25. The number of nitrogens with zero attached hydrogens (tertiary/aromatic N) is 2. The van der Waals surface area contributed by atoms with E-state index in [1.165, 1.54) is 24.5 Å². The number of piperidine rings is 1. The summed E-state index contributed by atoms with van der Waals surface area (Å²) in [6.45, 7) is 6.07. The van der Waals surface area contributed by atoms with Gasteiger partial charge in [-0.15, -0.1) is 0 Å². The molecular weight excluding hydrogens is 737 g/mol. The molecule has 3 aromatic carbocycles. The summed E-state index contributed by atoms with van der Waals surface area (Å²) in [6.07, 6.45) is 8.62. The second-order valence-corrected chi connectivity index (χ2v) is 14.7. The van der Waals surface area contributed by atoms with Crippen LogP contribution in [-0.4, -0.2) is 93.3 Å². The molecule has 1 aliphatic heterocycles. The zero-order chi connectivity index (χ0) is 40.5. The van der Waals surface area contributed by atoms with Crippen molar-refractivity contribution in [2.24, 2.45) is 0 Å². The highest BCUT2D eigenvalue weighted by Gasteiger charge is 2.23. The molecular formula is C46H56N4O8. The SMILES string of the molecule is CC(OCCOCCOCCOCCCc1ccccc1C(=O)Nc1ccc(N2CCCCC2)cc1-c1cc(C(=O)NC2CCCc3ccccc32)ccn1)C(=O)O. The number of carboxylic acid groups (broad SMARTS) is 1. The highest BCUT2D eigenvalue weighted by Crippen LogP contribution is 2.34. The minimum Gasteiger partial charge on any atom is -0.479 e. The number of rotatable bonds is 21. The number of carbonyl (C=O) groups is 3. The maximum absolute atomic E-state index is 14.0. The lowest BCUT2D eigenvalue weighted by molar-refractivity contribution is -0.150.